The number of ether oxygens (including phenoxy) is 1. The summed E-state index contributed by atoms with van der Waals surface area (Å²) < 4.78 is 5.62. The Hall–Kier alpha value is -1.28. The van der Waals surface area contributed by atoms with Crippen LogP contribution in [0.2, 0.25) is 5.02 Å². The Morgan fingerprint density at radius 1 is 1.50 bits per heavy atom. The number of halogens is 1. The summed E-state index contributed by atoms with van der Waals surface area (Å²) in [7, 11) is 0. The van der Waals surface area contributed by atoms with Crippen LogP contribution < -0.4 is 4.90 Å². The highest BCUT2D eigenvalue weighted by Gasteiger charge is 2.44. The van der Waals surface area contributed by atoms with Gasteiger partial charge in [-0.3, -0.25) is 0 Å². The van der Waals surface area contributed by atoms with Crippen molar-refractivity contribution in [2.24, 2.45) is 5.92 Å². The second-order valence-corrected chi connectivity index (χ2v) is 6.87. The molecule has 4 nitrogen and oxygen atoms in total. The van der Waals surface area contributed by atoms with Crippen LogP contribution in [0.4, 0.5) is 5.69 Å². The van der Waals surface area contributed by atoms with Gasteiger partial charge in [0.25, 0.3) is 0 Å². The summed E-state index contributed by atoms with van der Waals surface area (Å²) in [5, 5.41) is 20.2. The summed E-state index contributed by atoms with van der Waals surface area (Å²) in [5.41, 5.74) is 0.823. The SMILES string of the molecule is C[C@]1(O)CCOC[C@H]1[C@@H]1CCCN1c1ccc(C#N)c(Cl)c1. The smallest absolute Gasteiger partial charge is 0.101 e. The van der Waals surface area contributed by atoms with Crippen LogP contribution in [-0.4, -0.2) is 36.5 Å². The highest BCUT2D eigenvalue weighted by molar-refractivity contribution is 6.32. The number of nitrogens with zero attached hydrogens (tertiary/aromatic N) is 2. The predicted octanol–water partition coefficient (Wildman–Crippen LogP) is 2.97. The average Bonchev–Trinajstić information content (AvgIpc) is 2.95. The number of hydrogen-bond acceptors (Lipinski definition) is 4. The minimum Gasteiger partial charge on any atom is -0.390 e. The molecule has 2 heterocycles. The molecule has 2 fully saturated rings. The van der Waals surface area contributed by atoms with Gasteiger partial charge in [-0.15, -0.1) is 0 Å². The molecule has 0 amide bonds. The fourth-order valence-corrected chi connectivity index (χ4v) is 3.90. The zero-order chi connectivity index (χ0) is 15.7. The summed E-state index contributed by atoms with van der Waals surface area (Å²) in [5.74, 6) is 0.0955. The van der Waals surface area contributed by atoms with Crippen LogP contribution in [0.15, 0.2) is 18.2 Å². The maximum absolute atomic E-state index is 10.7. The van der Waals surface area contributed by atoms with Crippen molar-refractivity contribution in [1.29, 1.82) is 5.26 Å². The topological polar surface area (TPSA) is 56.5 Å². The molecule has 22 heavy (non-hydrogen) atoms. The van der Waals surface area contributed by atoms with Gasteiger partial charge in [0.2, 0.25) is 0 Å². The van der Waals surface area contributed by atoms with E-state index in [0.29, 0.717) is 30.2 Å². The molecule has 3 rings (SSSR count). The standard InChI is InChI=1S/C17H21ClN2O2/c1-17(21)6-8-22-11-14(17)16-3-2-7-20(16)13-5-4-12(10-19)15(18)9-13/h4-5,9,14,16,21H,2-3,6-8,11H2,1H3/t14-,16-,17-/m0/s1. The van der Waals surface area contributed by atoms with Gasteiger partial charge in [0.05, 0.1) is 22.8 Å². The van der Waals surface area contributed by atoms with Crippen molar-refractivity contribution in [3.05, 3.63) is 28.8 Å². The molecule has 3 atom stereocenters. The van der Waals surface area contributed by atoms with Gasteiger partial charge in [0, 0.05) is 30.8 Å². The number of aliphatic hydroxyl groups is 1. The monoisotopic (exact) mass is 320 g/mol. The van der Waals surface area contributed by atoms with Gasteiger partial charge in [-0.1, -0.05) is 11.6 Å². The molecule has 0 saturated carbocycles. The predicted molar refractivity (Wildman–Crippen MR) is 86.1 cm³/mol. The molecule has 2 aliphatic rings. The third-order valence-corrected chi connectivity index (χ3v) is 5.33. The third-order valence-electron chi connectivity index (χ3n) is 5.02. The lowest BCUT2D eigenvalue weighted by Gasteiger charge is -2.43. The van der Waals surface area contributed by atoms with Gasteiger partial charge in [-0.05, 0) is 44.4 Å². The Kier molecular flexibility index (Phi) is 4.31. The van der Waals surface area contributed by atoms with E-state index in [4.69, 9.17) is 21.6 Å². The first-order valence-electron chi connectivity index (χ1n) is 7.79. The second kappa shape index (κ2) is 6.08. The molecule has 0 unspecified atom stereocenters. The first kappa shape index (κ1) is 15.6. The van der Waals surface area contributed by atoms with Crippen LogP contribution >= 0.6 is 11.6 Å². The Bertz CT molecular complexity index is 597. The quantitative estimate of drug-likeness (QED) is 0.910. The molecule has 0 spiro atoms. The third kappa shape index (κ3) is 2.81. The molecule has 118 valence electrons. The van der Waals surface area contributed by atoms with E-state index in [0.717, 1.165) is 25.1 Å². The Labute approximate surface area is 136 Å². The fourth-order valence-electron chi connectivity index (χ4n) is 3.68. The van der Waals surface area contributed by atoms with Crippen molar-refractivity contribution >= 4 is 17.3 Å². The molecule has 5 heteroatoms. The van der Waals surface area contributed by atoms with E-state index in [9.17, 15) is 5.11 Å². The maximum Gasteiger partial charge on any atom is 0.101 e. The molecule has 2 aliphatic heterocycles. The van der Waals surface area contributed by atoms with E-state index in [2.05, 4.69) is 11.0 Å². The summed E-state index contributed by atoms with van der Waals surface area (Å²) in [6, 6.07) is 7.91. The Morgan fingerprint density at radius 3 is 3.00 bits per heavy atom. The van der Waals surface area contributed by atoms with E-state index >= 15 is 0 Å². The Morgan fingerprint density at radius 2 is 2.32 bits per heavy atom. The van der Waals surface area contributed by atoms with Crippen LogP contribution in [0, 0.1) is 17.2 Å². The van der Waals surface area contributed by atoms with Crippen LogP contribution in [0.3, 0.4) is 0 Å². The minimum absolute atomic E-state index is 0.0955. The van der Waals surface area contributed by atoms with Crippen LogP contribution in [-0.2, 0) is 4.74 Å². The molecular formula is C17H21ClN2O2. The lowest BCUT2D eigenvalue weighted by atomic mass is 9.79. The first-order valence-corrected chi connectivity index (χ1v) is 8.17. The van der Waals surface area contributed by atoms with Crippen molar-refractivity contribution in [2.75, 3.05) is 24.7 Å². The molecule has 1 N–H and O–H groups in total. The molecular weight excluding hydrogens is 300 g/mol. The summed E-state index contributed by atoms with van der Waals surface area (Å²) in [6.45, 7) is 4.08. The molecule has 2 saturated heterocycles. The highest BCUT2D eigenvalue weighted by atomic mass is 35.5. The van der Waals surface area contributed by atoms with Gasteiger partial charge < -0.3 is 14.7 Å². The molecule has 0 radical (unpaired) electrons. The van der Waals surface area contributed by atoms with Crippen molar-refractivity contribution in [1.82, 2.24) is 0 Å². The van der Waals surface area contributed by atoms with E-state index in [1.54, 1.807) is 6.07 Å². The van der Waals surface area contributed by atoms with Crippen LogP contribution in [0.5, 0.6) is 0 Å². The molecule has 0 aromatic heterocycles. The van der Waals surface area contributed by atoms with Gasteiger partial charge in [0.15, 0.2) is 0 Å². The lowest BCUT2D eigenvalue weighted by Crippen LogP contribution is -2.52. The Balaban J connectivity index is 1.87. The summed E-state index contributed by atoms with van der Waals surface area (Å²) in [6.07, 6.45) is 2.81. The van der Waals surface area contributed by atoms with Crippen molar-refractivity contribution in [2.45, 2.75) is 37.8 Å². The fraction of sp³-hybridized carbons (Fsp3) is 0.588. The average molecular weight is 321 g/mol. The molecule has 1 aromatic rings. The van der Waals surface area contributed by atoms with Gasteiger partial charge in [-0.2, -0.15) is 5.26 Å². The largest absolute Gasteiger partial charge is 0.390 e. The number of hydrogen-bond donors (Lipinski definition) is 1. The van der Waals surface area contributed by atoms with Crippen LogP contribution in [0.25, 0.3) is 0 Å². The minimum atomic E-state index is -0.693. The number of rotatable bonds is 2. The van der Waals surface area contributed by atoms with Gasteiger partial charge in [-0.25, -0.2) is 0 Å². The van der Waals surface area contributed by atoms with Gasteiger partial charge >= 0.3 is 0 Å². The maximum atomic E-state index is 10.7. The van der Waals surface area contributed by atoms with Gasteiger partial charge in [0.1, 0.15) is 6.07 Å². The van der Waals surface area contributed by atoms with E-state index in [-0.39, 0.29) is 12.0 Å². The van der Waals surface area contributed by atoms with Crippen molar-refractivity contribution in [3.8, 4) is 6.07 Å². The number of anilines is 1. The highest BCUT2D eigenvalue weighted by Crippen LogP contribution is 2.38. The number of nitriles is 1. The first-order chi connectivity index (χ1) is 10.5. The van der Waals surface area contributed by atoms with E-state index in [1.165, 1.54) is 0 Å². The second-order valence-electron chi connectivity index (χ2n) is 6.47. The normalized spacial score (nSPS) is 32.0. The zero-order valence-electron chi connectivity index (χ0n) is 12.8. The van der Waals surface area contributed by atoms with Crippen LogP contribution in [0.1, 0.15) is 31.7 Å². The molecule has 0 aliphatic carbocycles. The van der Waals surface area contributed by atoms with E-state index < -0.39 is 5.60 Å². The van der Waals surface area contributed by atoms with Crippen molar-refractivity contribution < 1.29 is 9.84 Å². The summed E-state index contributed by atoms with van der Waals surface area (Å²) in [4.78, 5) is 2.31. The zero-order valence-corrected chi connectivity index (χ0v) is 13.5. The molecule has 1 aromatic carbocycles. The number of benzene rings is 1. The van der Waals surface area contributed by atoms with Crippen molar-refractivity contribution in [3.63, 3.8) is 0 Å². The molecule has 0 bridgehead atoms. The lowest BCUT2D eigenvalue weighted by molar-refractivity contribution is -0.108. The van der Waals surface area contributed by atoms with E-state index in [1.807, 2.05) is 19.1 Å². The summed E-state index contributed by atoms with van der Waals surface area (Å²) >= 11 is 6.17.